The molecule has 11 heteroatoms. The number of carbonyl (C=O) groups is 1. The summed E-state index contributed by atoms with van der Waals surface area (Å²) >= 11 is 0. The zero-order valence-electron chi connectivity index (χ0n) is 21.6. The first kappa shape index (κ1) is 25.4. The molecule has 0 bridgehead atoms. The minimum absolute atomic E-state index is 0.0623. The molecule has 1 fully saturated rings. The van der Waals surface area contributed by atoms with Crippen LogP contribution in [-0.4, -0.2) is 42.9 Å². The van der Waals surface area contributed by atoms with Gasteiger partial charge >= 0.3 is 5.69 Å². The number of amides is 1. The fourth-order valence-electron chi connectivity index (χ4n) is 5.26. The second kappa shape index (κ2) is 10.7. The van der Waals surface area contributed by atoms with Crippen LogP contribution in [0.1, 0.15) is 41.6 Å². The van der Waals surface area contributed by atoms with Crippen LogP contribution in [0.4, 0.5) is 11.4 Å². The smallest absolute Gasteiger partial charge is 0.311 e. The van der Waals surface area contributed by atoms with E-state index in [2.05, 4.69) is 30.6 Å². The van der Waals surface area contributed by atoms with E-state index in [1.54, 1.807) is 18.5 Å². The maximum absolute atomic E-state index is 12.9. The number of H-pyrrole nitrogens is 1. The number of aromatic amines is 1. The molecule has 0 saturated heterocycles. The molecule has 0 radical (unpaired) electrons. The van der Waals surface area contributed by atoms with E-state index in [-0.39, 0.29) is 23.7 Å². The Hall–Kier alpha value is -4.90. The van der Waals surface area contributed by atoms with Gasteiger partial charge in [-0.3, -0.25) is 19.9 Å². The molecule has 202 valence electrons. The number of hydrogen-bond acceptors (Lipinski definition) is 8. The molecule has 0 atom stereocenters. The largest absolute Gasteiger partial charge is 0.376 e. The van der Waals surface area contributed by atoms with Gasteiger partial charge in [0.1, 0.15) is 17.5 Å². The summed E-state index contributed by atoms with van der Waals surface area (Å²) in [7, 11) is 0. The standard InChI is InChI=1S/C29H28N8O3/c30-20-4-6-21(7-5-20)36-27-23-10-18(3-8-25(23)32-16-26(27)37(39)40)24-15-34-28-22(24)11-19(14-33-28)29(38)35-13-17-2-1-9-31-12-17/h1-3,8-12,14-16,20-21H,4-7,13,30H2,(H,32,36)(H,33,34)(H,35,38)/t20-,21-. The van der Waals surface area contributed by atoms with Crippen molar-refractivity contribution in [1.29, 1.82) is 0 Å². The molecule has 1 aliphatic rings. The first-order valence-corrected chi connectivity index (χ1v) is 13.2. The normalized spacial score (nSPS) is 17.1. The Morgan fingerprint density at radius 3 is 2.70 bits per heavy atom. The lowest BCUT2D eigenvalue weighted by molar-refractivity contribution is -0.384. The molecule has 0 spiro atoms. The van der Waals surface area contributed by atoms with E-state index in [9.17, 15) is 14.9 Å². The Balaban J connectivity index is 1.35. The molecule has 5 N–H and O–H groups in total. The highest BCUT2D eigenvalue weighted by atomic mass is 16.6. The van der Waals surface area contributed by atoms with Gasteiger partial charge in [0.2, 0.25) is 0 Å². The molecule has 0 unspecified atom stereocenters. The topological polar surface area (TPSA) is 165 Å². The Morgan fingerprint density at radius 2 is 1.93 bits per heavy atom. The molecule has 40 heavy (non-hydrogen) atoms. The summed E-state index contributed by atoms with van der Waals surface area (Å²) in [6, 6.07) is 11.5. The van der Waals surface area contributed by atoms with Crippen LogP contribution in [-0.2, 0) is 6.54 Å². The highest BCUT2D eigenvalue weighted by molar-refractivity contribution is 6.03. The zero-order chi connectivity index (χ0) is 27.6. The average molecular weight is 537 g/mol. The first-order chi connectivity index (χ1) is 19.5. The number of carbonyl (C=O) groups excluding carboxylic acids is 1. The van der Waals surface area contributed by atoms with Gasteiger partial charge in [-0.2, -0.15) is 0 Å². The van der Waals surface area contributed by atoms with Crippen molar-refractivity contribution in [3.8, 4) is 11.1 Å². The van der Waals surface area contributed by atoms with E-state index in [0.717, 1.165) is 47.8 Å². The van der Waals surface area contributed by atoms with Crippen LogP contribution in [0.5, 0.6) is 0 Å². The quantitative estimate of drug-likeness (QED) is 0.172. The zero-order valence-corrected chi connectivity index (χ0v) is 21.6. The number of hydrogen-bond donors (Lipinski definition) is 4. The van der Waals surface area contributed by atoms with Crippen molar-refractivity contribution in [1.82, 2.24) is 25.3 Å². The molecule has 1 saturated carbocycles. The van der Waals surface area contributed by atoms with E-state index in [4.69, 9.17) is 5.73 Å². The van der Waals surface area contributed by atoms with E-state index in [1.807, 2.05) is 36.5 Å². The lowest BCUT2D eigenvalue weighted by Crippen LogP contribution is -2.33. The van der Waals surface area contributed by atoms with Crippen LogP contribution in [0.3, 0.4) is 0 Å². The summed E-state index contributed by atoms with van der Waals surface area (Å²) in [6.45, 7) is 0.351. The Bertz CT molecular complexity index is 1710. The van der Waals surface area contributed by atoms with Crippen molar-refractivity contribution >= 4 is 39.2 Å². The number of nitrogens with two attached hydrogens (primary N) is 1. The number of nitrogens with zero attached hydrogens (tertiary/aromatic N) is 4. The SMILES string of the molecule is N[C@H]1CC[C@H](Nc2c([N+](=O)[O-])cnc3ccc(-c4c[nH]c5ncc(C(=O)NCc6cccnc6)cc45)cc23)CC1. The van der Waals surface area contributed by atoms with Gasteiger partial charge in [0.05, 0.1) is 16.0 Å². The summed E-state index contributed by atoms with van der Waals surface area (Å²) in [4.78, 5) is 40.5. The van der Waals surface area contributed by atoms with Crippen LogP contribution in [0, 0.1) is 10.1 Å². The number of benzene rings is 1. The molecular formula is C29H28N8O3. The van der Waals surface area contributed by atoms with Crippen LogP contribution in [0.2, 0.25) is 0 Å². The van der Waals surface area contributed by atoms with E-state index in [0.29, 0.717) is 34.3 Å². The highest BCUT2D eigenvalue weighted by Gasteiger charge is 2.24. The molecule has 11 nitrogen and oxygen atoms in total. The third-order valence-corrected chi connectivity index (χ3v) is 7.45. The third-order valence-electron chi connectivity index (χ3n) is 7.45. The average Bonchev–Trinajstić information content (AvgIpc) is 3.41. The van der Waals surface area contributed by atoms with Crippen LogP contribution < -0.4 is 16.4 Å². The monoisotopic (exact) mass is 536 g/mol. The fourth-order valence-corrected chi connectivity index (χ4v) is 5.26. The fraction of sp³-hybridized carbons (Fsp3) is 0.241. The second-order valence-electron chi connectivity index (χ2n) is 10.1. The lowest BCUT2D eigenvalue weighted by atomic mass is 9.91. The number of rotatable bonds is 7. The Kier molecular flexibility index (Phi) is 6.79. The first-order valence-electron chi connectivity index (χ1n) is 13.2. The minimum Gasteiger partial charge on any atom is -0.376 e. The predicted octanol–water partition coefficient (Wildman–Crippen LogP) is 4.69. The summed E-state index contributed by atoms with van der Waals surface area (Å²) in [5.74, 6) is -0.248. The van der Waals surface area contributed by atoms with Crippen LogP contribution in [0.15, 0.2) is 67.4 Å². The highest BCUT2D eigenvalue weighted by Crippen LogP contribution is 2.37. The van der Waals surface area contributed by atoms with Gasteiger partial charge in [-0.05, 0) is 61.1 Å². The number of fused-ring (bicyclic) bond motifs is 2. The van der Waals surface area contributed by atoms with E-state index < -0.39 is 4.92 Å². The lowest BCUT2D eigenvalue weighted by Gasteiger charge is -2.27. The molecule has 1 amide bonds. The van der Waals surface area contributed by atoms with Crippen molar-refractivity contribution in [2.45, 2.75) is 44.3 Å². The number of nitro groups is 1. The maximum Gasteiger partial charge on any atom is 0.311 e. The van der Waals surface area contributed by atoms with Gasteiger partial charge in [-0.15, -0.1) is 0 Å². The number of pyridine rings is 3. The van der Waals surface area contributed by atoms with E-state index in [1.165, 1.54) is 12.4 Å². The second-order valence-corrected chi connectivity index (χ2v) is 10.1. The van der Waals surface area contributed by atoms with Crippen molar-refractivity contribution in [2.75, 3.05) is 5.32 Å². The molecule has 1 aliphatic carbocycles. The van der Waals surface area contributed by atoms with E-state index >= 15 is 0 Å². The van der Waals surface area contributed by atoms with Crippen LogP contribution >= 0.6 is 0 Å². The molecule has 1 aromatic carbocycles. The molecule has 6 rings (SSSR count). The summed E-state index contributed by atoms with van der Waals surface area (Å²) in [5, 5.41) is 19.7. The molecule has 5 aromatic rings. The number of aromatic nitrogens is 4. The summed E-state index contributed by atoms with van der Waals surface area (Å²) in [6.07, 6.45) is 11.5. The molecular weight excluding hydrogens is 508 g/mol. The third kappa shape index (κ3) is 5.06. The van der Waals surface area contributed by atoms with Gasteiger partial charge in [0.25, 0.3) is 5.91 Å². The summed E-state index contributed by atoms with van der Waals surface area (Å²) in [5.41, 5.74) is 10.7. The van der Waals surface area contributed by atoms with Gasteiger partial charge in [-0.1, -0.05) is 12.1 Å². The Labute approximate surface area is 229 Å². The summed E-state index contributed by atoms with van der Waals surface area (Å²) < 4.78 is 0. The van der Waals surface area contributed by atoms with Crippen LogP contribution in [0.25, 0.3) is 33.1 Å². The van der Waals surface area contributed by atoms with Crippen molar-refractivity contribution in [3.05, 3.63) is 88.6 Å². The maximum atomic E-state index is 12.9. The van der Waals surface area contributed by atoms with Gasteiger partial charge in [-0.25, -0.2) is 9.97 Å². The van der Waals surface area contributed by atoms with Crippen molar-refractivity contribution in [2.24, 2.45) is 5.73 Å². The van der Waals surface area contributed by atoms with Crippen molar-refractivity contribution in [3.63, 3.8) is 0 Å². The Morgan fingerprint density at radius 1 is 1.07 bits per heavy atom. The van der Waals surface area contributed by atoms with Gasteiger partial charge in [0.15, 0.2) is 0 Å². The van der Waals surface area contributed by atoms with Gasteiger partial charge in [0, 0.05) is 59.8 Å². The predicted molar refractivity (Wildman–Crippen MR) is 153 cm³/mol. The minimum atomic E-state index is -0.401. The van der Waals surface area contributed by atoms with Gasteiger partial charge < -0.3 is 21.4 Å². The molecule has 4 aromatic heterocycles. The van der Waals surface area contributed by atoms with Crippen molar-refractivity contribution < 1.29 is 9.72 Å². The number of nitrogens with one attached hydrogen (secondary N) is 3. The molecule has 0 aliphatic heterocycles. The molecule has 4 heterocycles. The number of anilines is 1.